The molecule has 10 heteroatoms. The fraction of sp³-hybridized carbons (Fsp3) is 0.310. The molecular weight excluding hydrogens is 557 g/mol. The van der Waals surface area contributed by atoms with Gasteiger partial charge in [0.1, 0.15) is 12.6 Å². The first-order valence-electron chi connectivity index (χ1n) is 12.6. The summed E-state index contributed by atoms with van der Waals surface area (Å²) in [5, 5.41) is 3.59. The van der Waals surface area contributed by atoms with Crippen LogP contribution in [-0.2, 0) is 26.2 Å². The van der Waals surface area contributed by atoms with Gasteiger partial charge in [0.25, 0.3) is 10.0 Å². The van der Waals surface area contributed by atoms with Crippen LogP contribution >= 0.6 is 23.2 Å². The van der Waals surface area contributed by atoms with Crippen LogP contribution in [0.15, 0.2) is 71.6 Å². The molecule has 7 nitrogen and oxygen atoms in total. The molecule has 0 fully saturated rings. The van der Waals surface area contributed by atoms with Gasteiger partial charge in [0.05, 0.1) is 10.6 Å². The highest BCUT2D eigenvalue weighted by atomic mass is 35.5. The molecule has 208 valence electrons. The lowest BCUT2D eigenvalue weighted by molar-refractivity contribution is -0.139. The largest absolute Gasteiger partial charge is 0.354 e. The molecule has 3 rings (SSSR count). The van der Waals surface area contributed by atoms with Gasteiger partial charge in [-0.3, -0.25) is 13.9 Å². The number of carbonyl (C=O) groups excluding carboxylic acids is 2. The molecule has 0 saturated carbocycles. The van der Waals surface area contributed by atoms with Gasteiger partial charge in [0.15, 0.2) is 0 Å². The van der Waals surface area contributed by atoms with Crippen molar-refractivity contribution in [2.75, 3.05) is 17.4 Å². The van der Waals surface area contributed by atoms with Crippen molar-refractivity contribution in [1.82, 2.24) is 10.2 Å². The van der Waals surface area contributed by atoms with Crippen LogP contribution in [0.5, 0.6) is 0 Å². The Morgan fingerprint density at radius 2 is 1.67 bits per heavy atom. The van der Waals surface area contributed by atoms with Crippen molar-refractivity contribution in [2.24, 2.45) is 0 Å². The van der Waals surface area contributed by atoms with E-state index in [1.807, 2.05) is 26.8 Å². The average Bonchev–Trinajstić information content (AvgIpc) is 2.91. The van der Waals surface area contributed by atoms with Gasteiger partial charge in [-0.25, -0.2) is 8.42 Å². The summed E-state index contributed by atoms with van der Waals surface area (Å²) in [6.07, 6.45) is 0.727. The smallest absolute Gasteiger partial charge is 0.264 e. The lowest BCUT2D eigenvalue weighted by atomic mass is 10.1. The number of sulfonamides is 1. The average molecular weight is 591 g/mol. The van der Waals surface area contributed by atoms with Gasteiger partial charge in [-0.2, -0.15) is 0 Å². The van der Waals surface area contributed by atoms with E-state index in [4.69, 9.17) is 23.2 Å². The summed E-state index contributed by atoms with van der Waals surface area (Å²) in [4.78, 5) is 28.3. The number of nitrogens with zero attached hydrogens (tertiary/aromatic N) is 2. The van der Waals surface area contributed by atoms with Gasteiger partial charge in [-0.1, -0.05) is 66.5 Å². The summed E-state index contributed by atoms with van der Waals surface area (Å²) in [6.45, 7) is 7.15. The Kier molecular flexibility index (Phi) is 10.4. The second-order valence-corrected chi connectivity index (χ2v) is 12.0. The summed E-state index contributed by atoms with van der Waals surface area (Å²) in [5.41, 5.74) is 2.57. The van der Waals surface area contributed by atoms with E-state index in [1.165, 1.54) is 17.0 Å². The van der Waals surface area contributed by atoms with Crippen molar-refractivity contribution in [3.05, 3.63) is 93.5 Å². The molecular formula is C29H33Cl2N3O4S. The molecule has 2 amide bonds. The zero-order chi connectivity index (χ0) is 28.7. The molecule has 0 saturated heterocycles. The van der Waals surface area contributed by atoms with Crippen molar-refractivity contribution in [3.63, 3.8) is 0 Å². The Morgan fingerprint density at radius 1 is 0.974 bits per heavy atom. The summed E-state index contributed by atoms with van der Waals surface area (Å²) < 4.78 is 28.9. The third kappa shape index (κ3) is 7.32. The maximum atomic E-state index is 14.0. The van der Waals surface area contributed by atoms with Crippen LogP contribution in [0.25, 0.3) is 0 Å². The van der Waals surface area contributed by atoms with Crippen LogP contribution in [0.1, 0.15) is 37.0 Å². The predicted molar refractivity (Wildman–Crippen MR) is 157 cm³/mol. The second-order valence-electron chi connectivity index (χ2n) is 9.27. The molecule has 39 heavy (non-hydrogen) atoms. The molecule has 0 aliphatic rings. The number of amides is 2. The number of benzene rings is 3. The topological polar surface area (TPSA) is 86.8 Å². The van der Waals surface area contributed by atoms with Crippen LogP contribution in [0.2, 0.25) is 10.0 Å². The van der Waals surface area contributed by atoms with Crippen LogP contribution in [0, 0.1) is 13.8 Å². The third-order valence-electron chi connectivity index (χ3n) is 6.53. The predicted octanol–water partition coefficient (Wildman–Crippen LogP) is 5.75. The number of anilines is 1. The number of carbonyl (C=O) groups is 2. The maximum Gasteiger partial charge on any atom is 0.264 e. The van der Waals surface area contributed by atoms with Gasteiger partial charge in [0, 0.05) is 23.1 Å². The van der Waals surface area contributed by atoms with E-state index >= 15 is 0 Å². The van der Waals surface area contributed by atoms with E-state index in [1.54, 1.807) is 55.5 Å². The molecule has 0 bridgehead atoms. The number of halogens is 2. The van der Waals surface area contributed by atoms with Crippen molar-refractivity contribution < 1.29 is 18.0 Å². The first-order valence-corrected chi connectivity index (χ1v) is 14.8. The molecule has 0 aliphatic heterocycles. The quantitative estimate of drug-likeness (QED) is 0.308. The Morgan fingerprint density at radius 3 is 2.31 bits per heavy atom. The van der Waals surface area contributed by atoms with E-state index in [9.17, 15) is 18.0 Å². The Bertz CT molecular complexity index is 1430. The Labute approximate surface area is 240 Å². The molecule has 0 heterocycles. The van der Waals surface area contributed by atoms with Crippen molar-refractivity contribution in [2.45, 2.75) is 51.6 Å². The monoisotopic (exact) mass is 589 g/mol. The molecule has 0 radical (unpaired) electrons. The van der Waals surface area contributed by atoms with Crippen molar-refractivity contribution in [1.29, 1.82) is 0 Å². The number of hydrogen-bond acceptors (Lipinski definition) is 4. The van der Waals surface area contributed by atoms with Gasteiger partial charge in [-0.15, -0.1) is 0 Å². The molecule has 3 aromatic carbocycles. The zero-order valence-corrected chi connectivity index (χ0v) is 24.8. The highest BCUT2D eigenvalue weighted by Crippen LogP contribution is 2.29. The summed E-state index contributed by atoms with van der Waals surface area (Å²) in [6, 6.07) is 17.3. The summed E-state index contributed by atoms with van der Waals surface area (Å²) in [7, 11) is -4.13. The lowest BCUT2D eigenvalue weighted by Crippen LogP contribution is -2.51. The highest BCUT2D eigenvalue weighted by Gasteiger charge is 2.33. The number of hydrogen-bond donors (Lipinski definition) is 1. The number of nitrogens with one attached hydrogen (secondary N) is 1. The number of aryl methyl sites for hydroxylation is 1. The van der Waals surface area contributed by atoms with Crippen molar-refractivity contribution >= 4 is 50.7 Å². The zero-order valence-electron chi connectivity index (χ0n) is 22.4. The van der Waals surface area contributed by atoms with Crippen LogP contribution in [0.3, 0.4) is 0 Å². The van der Waals surface area contributed by atoms with Crippen LogP contribution in [-0.4, -0.2) is 44.3 Å². The Balaban J connectivity index is 2.07. The van der Waals surface area contributed by atoms with Gasteiger partial charge >= 0.3 is 0 Å². The normalized spacial score (nSPS) is 12.1. The first kappa shape index (κ1) is 30.5. The summed E-state index contributed by atoms with van der Waals surface area (Å²) in [5.74, 6) is -0.903. The van der Waals surface area contributed by atoms with E-state index in [2.05, 4.69) is 5.32 Å². The highest BCUT2D eigenvalue weighted by molar-refractivity contribution is 7.92. The second kappa shape index (κ2) is 13.3. The lowest BCUT2D eigenvalue weighted by Gasteiger charge is -2.32. The molecule has 1 atom stereocenters. The van der Waals surface area contributed by atoms with E-state index < -0.39 is 28.5 Å². The van der Waals surface area contributed by atoms with E-state index in [0.29, 0.717) is 27.8 Å². The fourth-order valence-electron chi connectivity index (χ4n) is 4.05. The molecule has 0 aliphatic carbocycles. The van der Waals surface area contributed by atoms with Gasteiger partial charge < -0.3 is 10.2 Å². The standard InChI is InChI=1S/C29H33Cl2N3O4S/c1-5-16-32-29(36)22(4)33(18-23-14-15-24(30)17-26(23)31)28(35)19-34(27-13-9-10-20(2)21(27)3)39(37,38)25-11-7-6-8-12-25/h6-15,17,22H,5,16,18-19H2,1-4H3,(H,32,36). The van der Waals surface area contributed by atoms with E-state index in [0.717, 1.165) is 21.9 Å². The Hall–Kier alpha value is -3.07. The maximum absolute atomic E-state index is 14.0. The molecule has 1 N–H and O–H groups in total. The molecule has 0 spiro atoms. The molecule has 3 aromatic rings. The molecule has 1 unspecified atom stereocenters. The third-order valence-corrected chi connectivity index (χ3v) is 8.89. The van der Waals surface area contributed by atoms with Crippen LogP contribution < -0.4 is 9.62 Å². The van der Waals surface area contributed by atoms with Gasteiger partial charge in [-0.05, 0) is 74.2 Å². The van der Waals surface area contributed by atoms with Crippen molar-refractivity contribution in [3.8, 4) is 0 Å². The summed E-state index contributed by atoms with van der Waals surface area (Å²) >= 11 is 12.5. The minimum Gasteiger partial charge on any atom is -0.354 e. The minimum atomic E-state index is -4.13. The van der Waals surface area contributed by atoms with Crippen LogP contribution in [0.4, 0.5) is 5.69 Å². The van der Waals surface area contributed by atoms with E-state index in [-0.39, 0.29) is 17.3 Å². The van der Waals surface area contributed by atoms with Gasteiger partial charge in [0.2, 0.25) is 11.8 Å². The fourth-order valence-corrected chi connectivity index (χ4v) is 6.01. The SMILES string of the molecule is CCCNC(=O)C(C)N(Cc1ccc(Cl)cc1Cl)C(=O)CN(c1cccc(C)c1C)S(=O)(=O)c1ccccc1. The first-order chi connectivity index (χ1) is 18.5. The minimum absolute atomic E-state index is 0.0123. The molecule has 0 aromatic heterocycles. The number of rotatable bonds is 11.